The molecular formula is C7H18IO4-. The highest BCUT2D eigenvalue weighted by Crippen LogP contribution is 1.60. The van der Waals surface area contributed by atoms with E-state index in [0.717, 1.165) is 13.4 Å². The molecule has 0 atom stereocenters. The van der Waals surface area contributed by atoms with Crippen molar-refractivity contribution < 1.29 is 43.4 Å². The van der Waals surface area contributed by atoms with Crippen LogP contribution in [0.5, 0.6) is 0 Å². The van der Waals surface area contributed by atoms with Gasteiger partial charge in [0.05, 0.1) is 7.11 Å². The molecule has 0 aromatic heterocycles. The van der Waals surface area contributed by atoms with Crippen molar-refractivity contribution in [3.63, 3.8) is 0 Å². The molecule has 0 aromatic carbocycles. The number of aliphatic hydroxyl groups is 1. The van der Waals surface area contributed by atoms with Crippen molar-refractivity contribution in [1.29, 1.82) is 0 Å². The zero-order valence-corrected chi connectivity index (χ0v) is 9.28. The van der Waals surface area contributed by atoms with Gasteiger partial charge in [-0.2, -0.15) is 0 Å². The normalized spacial score (nSPS) is 4.42. The number of carbonyl (C=O) groups excluding carboxylic acids is 2. The average molecular weight is 293 g/mol. The number of methoxy groups -OCH3 is 1. The quantitative estimate of drug-likeness (QED) is 0.308. The molecular weight excluding hydrogens is 275 g/mol. The molecule has 1 N–H and O–H groups in total. The van der Waals surface area contributed by atoms with Crippen LogP contribution in [0.4, 0.5) is 0 Å². The fraction of sp³-hybridized carbons (Fsp3) is 0.714. The van der Waals surface area contributed by atoms with Crippen LogP contribution in [0, 0.1) is 0 Å². The van der Waals surface area contributed by atoms with Gasteiger partial charge in [-0.1, -0.05) is 7.43 Å². The highest BCUT2D eigenvalue weighted by molar-refractivity contribution is 5.65. The van der Waals surface area contributed by atoms with Crippen LogP contribution in [0.25, 0.3) is 0 Å². The van der Waals surface area contributed by atoms with Gasteiger partial charge in [-0.25, -0.2) is 0 Å². The van der Waals surface area contributed by atoms with E-state index in [1.54, 1.807) is 0 Å². The van der Waals surface area contributed by atoms with E-state index in [9.17, 15) is 4.79 Å². The fourth-order valence-electron chi connectivity index (χ4n) is 0. The third-order valence-corrected chi connectivity index (χ3v) is 0.287. The molecule has 0 heterocycles. The Balaban J connectivity index is -0.0000000209. The van der Waals surface area contributed by atoms with Crippen LogP contribution >= 0.6 is 0 Å². The van der Waals surface area contributed by atoms with Gasteiger partial charge in [0.1, 0.15) is 6.29 Å². The molecule has 0 unspecified atom stereocenters. The third-order valence-electron chi connectivity index (χ3n) is 0.287. The molecule has 0 radical (unpaired) electrons. The Morgan fingerprint density at radius 1 is 1.42 bits per heavy atom. The molecule has 0 aliphatic carbocycles. The molecule has 0 aromatic rings. The summed E-state index contributed by atoms with van der Waals surface area (Å²) in [5.41, 5.74) is 0. The Hall–Kier alpha value is -0.170. The second kappa shape index (κ2) is 44.9. The minimum absolute atomic E-state index is 0. The number of ether oxygens (including phenoxy) is 1. The van der Waals surface area contributed by atoms with E-state index in [4.69, 9.17) is 9.90 Å². The molecule has 78 valence electrons. The van der Waals surface area contributed by atoms with Crippen molar-refractivity contribution in [2.75, 3.05) is 14.2 Å². The second-order valence-corrected chi connectivity index (χ2v) is 0.931. The minimum Gasteiger partial charge on any atom is -1.00 e. The summed E-state index contributed by atoms with van der Waals surface area (Å²) in [6, 6.07) is 0. The lowest BCUT2D eigenvalue weighted by Crippen LogP contribution is -3.00. The number of carbonyl (C=O) groups is 2. The van der Waals surface area contributed by atoms with Crippen molar-refractivity contribution in [1.82, 2.24) is 0 Å². The highest BCUT2D eigenvalue weighted by Gasteiger charge is 1.75. The van der Waals surface area contributed by atoms with E-state index in [-0.39, 0.29) is 37.4 Å². The number of esters is 1. The molecule has 0 aliphatic heterocycles. The summed E-state index contributed by atoms with van der Waals surface area (Å²) in [6.45, 7) is 2.81. The zero-order valence-electron chi connectivity index (χ0n) is 7.13. The van der Waals surface area contributed by atoms with E-state index < -0.39 is 0 Å². The summed E-state index contributed by atoms with van der Waals surface area (Å²) in [5.74, 6) is -0.245. The summed E-state index contributed by atoms with van der Waals surface area (Å²) in [4.78, 5) is 18.4. The largest absolute Gasteiger partial charge is 1.00 e. The molecule has 0 rings (SSSR count). The van der Waals surface area contributed by atoms with Crippen molar-refractivity contribution in [2.45, 2.75) is 21.3 Å². The standard InChI is InChI=1S/C3H6O2.C2H4O.CH4O.CH4.HI/c1-3(4)5-2;1-2-3;1-2;;/h1-2H3;2H,1H3;2H,1H3;1H4;1H/p-1. The smallest absolute Gasteiger partial charge is 0.302 e. The van der Waals surface area contributed by atoms with Crippen molar-refractivity contribution in [2.24, 2.45) is 0 Å². The summed E-state index contributed by atoms with van der Waals surface area (Å²) >= 11 is 0. The van der Waals surface area contributed by atoms with Gasteiger partial charge in [-0.15, -0.1) is 0 Å². The molecule has 0 fully saturated rings. The first kappa shape index (κ1) is 29.7. The lowest BCUT2D eigenvalue weighted by Gasteiger charge is -1.80. The number of halogens is 1. The Morgan fingerprint density at radius 2 is 1.50 bits per heavy atom. The lowest BCUT2D eigenvalue weighted by molar-refractivity contribution is -0.137. The van der Waals surface area contributed by atoms with Crippen LogP contribution < -0.4 is 24.0 Å². The molecule has 4 nitrogen and oxygen atoms in total. The van der Waals surface area contributed by atoms with Crippen molar-refractivity contribution in [3.8, 4) is 0 Å². The SMILES string of the molecule is C.CC=O.CO.COC(C)=O.[I-]. The molecule has 12 heavy (non-hydrogen) atoms. The van der Waals surface area contributed by atoms with Gasteiger partial charge in [0.2, 0.25) is 0 Å². The first-order valence-corrected chi connectivity index (χ1v) is 2.58. The second-order valence-electron chi connectivity index (χ2n) is 0.931. The molecule has 5 heteroatoms. The lowest BCUT2D eigenvalue weighted by atomic mass is 10.8. The monoisotopic (exact) mass is 293 g/mol. The van der Waals surface area contributed by atoms with E-state index in [1.165, 1.54) is 21.0 Å². The number of hydrogen-bond acceptors (Lipinski definition) is 4. The predicted molar refractivity (Wildman–Crippen MR) is 44.3 cm³/mol. The Labute approximate surface area is 91.3 Å². The molecule has 0 saturated heterocycles. The van der Waals surface area contributed by atoms with Crippen LogP contribution in [-0.2, 0) is 14.3 Å². The Morgan fingerprint density at radius 3 is 1.50 bits per heavy atom. The van der Waals surface area contributed by atoms with Crippen LogP contribution in [0.3, 0.4) is 0 Å². The van der Waals surface area contributed by atoms with E-state index in [0.29, 0.717) is 0 Å². The summed E-state index contributed by atoms with van der Waals surface area (Å²) < 4.78 is 4.11. The van der Waals surface area contributed by atoms with Gasteiger partial charge in [-0.3, -0.25) is 4.79 Å². The van der Waals surface area contributed by atoms with E-state index in [1.807, 2.05) is 0 Å². The number of aldehydes is 1. The molecule has 0 aliphatic rings. The van der Waals surface area contributed by atoms with Crippen LogP contribution in [0.15, 0.2) is 0 Å². The van der Waals surface area contributed by atoms with Crippen molar-refractivity contribution in [3.05, 3.63) is 0 Å². The molecule has 0 bridgehead atoms. The van der Waals surface area contributed by atoms with Gasteiger partial charge < -0.3 is 38.6 Å². The number of hydrogen-bond donors (Lipinski definition) is 1. The molecule has 0 saturated carbocycles. The minimum atomic E-state index is -0.245. The van der Waals surface area contributed by atoms with Crippen LogP contribution in [0.1, 0.15) is 21.3 Å². The predicted octanol–water partition coefficient (Wildman–Crippen LogP) is -2.37. The number of rotatable bonds is 0. The Kier molecular flexibility index (Phi) is 111. The van der Waals surface area contributed by atoms with Gasteiger partial charge in [0, 0.05) is 14.0 Å². The van der Waals surface area contributed by atoms with Gasteiger partial charge in [-0.05, 0) is 6.92 Å². The topological polar surface area (TPSA) is 63.6 Å². The Bertz CT molecular complexity index is 75.8. The molecule has 0 spiro atoms. The maximum atomic E-state index is 9.59. The fourth-order valence-corrected chi connectivity index (χ4v) is 0. The van der Waals surface area contributed by atoms with Crippen molar-refractivity contribution >= 4 is 12.3 Å². The average Bonchev–Trinajstić information content (AvgIpc) is 1.94. The molecule has 0 amide bonds. The summed E-state index contributed by atoms with van der Waals surface area (Å²) in [5, 5.41) is 7.00. The highest BCUT2D eigenvalue weighted by atomic mass is 127. The third kappa shape index (κ3) is 229. The van der Waals surface area contributed by atoms with Crippen LogP contribution in [-0.4, -0.2) is 31.6 Å². The first-order valence-electron chi connectivity index (χ1n) is 2.58. The number of aliphatic hydroxyl groups excluding tert-OH is 1. The van der Waals surface area contributed by atoms with Crippen LogP contribution in [0.2, 0.25) is 0 Å². The van der Waals surface area contributed by atoms with E-state index in [2.05, 4.69) is 4.74 Å². The summed E-state index contributed by atoms with van der Waals surface area (Å²) in [6.07, 6.45) is 0.750. The maximum Gasteiger partial charge on any atom is 0.302 e. The maximum absolute atomic E-state index is 9.59. The first-order chi connectivity index (χ1) is 4.68. The van der Waals surface area contributed by atoms with Gasteiger partial charge in [0.25, 0.3) is 0 Å². The van der Waals surface area contributed by atoms with E-state index >= 15 is 0 Å². The van der Waals surface area contributed by atoms with Gasteiger partial charge in [0.15, 0.2) is 0 Å². The summed E-state index contributed by atoms with van der Waals surface area (Å²) in [7, 11) is 2.35. The zero-order chi connectivity index (χ0) is 8.99. The van der Waals surface area contributed by atoms with Gasteiger partial charge >= 0.3 is 5.97 Å².